The Hall–Kier alpha value is -3.87. The van der Waals surface area contributed by atoms with Crippen molar-refractivity contribution in [3.63, 3.8) is 0 Å². The van der Waals surface area contributed by atoms with Gasteiger partial charge in [0.1, 0.15) is 23.6 Å². The lowest BCUT2D eigenvalue weighted by atomic mass is 9.79. The SMILES string of the molecule is CCC(=O)N[C@H](Cc1ccc(NC(=O)[C@@H](NC(=O)c2nonc2CC)[C@H]2CC[C@H](C)CC2)c(F)c1)C(=O)N1CCN(C)[C@H](C)C1. The summed E-state index contributed by atoms with van der Waals surface area (Å²) >= 11 is 0. The fraction of sp³-hybridized carbons (Fsp3) is 0.625. The Morgan fingerprint density at radius 1 is 1.04 bits per heavy atom. The number of rotatable bonds is 11. The molecule has 1 aromatic heterocycles. The Labute approximate surface area is 263 Å². The second-order valence-corrected chi connectivity index (χ2v) is 12.5. The second-order valence-electron chi connectivity index (χ2n) is 12.5. The van der Waals surface area contributed by atoms with Crippen molar-refractivity contribution in [2.24, 2.45) is 11.8 Å². The van der Waals surface area contributed by atoms with Crippen LogP contribution in [0.3, 0.4) is 0 Å². The lowest BCUT2D eigenvalue weighted by molar-refractivity contribution is -0.138. The number of nitrogens with zero attached hydrogens (tertiary/aromatic N) is 4. The summed E-state index contributed by atoms with van der Waals surface area (Å²) in [6.07, 6.45) is 4.06. The number of carbonyl (C=O) groups excluding carboxylic acids is 4. The molecular weight excluding hydrogens is 581 g/mol. The molecule has 0 bridgehead atoms. The number of halogens is 1. The maximum absolute atomic E-state index is 15.5. The van der Waals surface area contributed by atoms with Crippen molar-refractivity contribution < 1.29 is 28.2 Å². The summed E-state index contributed by atoms with van der Waals surface area (Å²) in [5.74, 6) is -1.86. The number of hydrogen-bond donors (Lipinski definition) is 3. The molecule has 246 valence electrons. The largest absolute Gasteiger partial charge is 0.344 e. The fourth-order valence-corrected chi connectivity index (χ4v) is 6.04. The molecule has 2 heterocycles. The zero-order chi connectivity index (χ0) is 32.7. The Morgan fingerprint density at radius 2 is 1.78 bits per heavy atom. The van der Waals surface area contributed by atoms with Gasteiger partial charge < -0.3 is 25.8 Å². The summed E-state index contributed by atoms with van der Waals surface area (Å²) in [6.45, 7) is 9.53. The predicted molar refractivity (Wildman–Crippen MR) is 166 cm³/mol. The highest BCUT2D eigenvalue weighted by Gasteiger charge is 2.35. The summed E-state index contributed by atoms with van der Waals surface area (Å²) < 4.78 is 20.2. The van der Waals surface area contributed by atoms with Gasteiger partial charge in [0.25, 0.3) is 5.91 Å². The topological polar surface area (TPSA) is 150 Å². The average molecular weight is 628 g/mol. The first-order valence-corrected chi connectivity index (χ1v) is 16.0. The Balaban J connectivity index is 1.48. The van der Waals surface area contributed by atoms with Gasteiger partial charge in [0.15, 0.2) is 5.69 Å². The van der Waals surface area contributed by atoms with Crippen molar-refractivity contribution in [2.75, 3.05) is 32.0 Å². The Morgan fingerprint density at radius 3 is 2.42 bits per heavy atom. The smallest absolute Gasteiger partial charge is 0.276 e. The van der Waals surface area contributed by atoms with Crippen LogP contribution in [0.1, 0.15) is 81.5 Å². The maximum Gasteiger partial charge on any atom is 0.276 e. The van der Waals surface area contributed by atoms with E-state index >= 15 is 4.39 Å². The quantitative estimate of drug-likeness (QED) is 0.344. The molecule has 0 spiro atoms. The molecule has 4 rings (SSSR count). The third-order valence-electron chi connectivity index (χ3n) is 9.16. The summed E-state index contributed by atoms with van der Waals surface area (Å²) in [4.78, 5) is 56.3. The van der Waals surface area contributed by atoms with Crippen LogP contribution in [0, 0.1) is 17.7 Å². The van der Waals surface area contributed by atoms with E-state index in [1.165, 1.54) is 12.1 Å². The molecule has 13 heteroatoms. The van der Waals surface area contributed by atoms with Crippen molar-refractivity contribution in [3.05, 3.63) is 41.0 Å². The number of hydrogen-bond acceptors (Lipinski definition) is 8. The standard InChI is InChI=1S/C32H46FN7O5/c1-6-24-29(38-45-37-24)31(43)36-28(22-11-8-19(3)9-12-22)30(42)35-25-13-10-21(16-23(25)33)17-26(34-27(41)7-2)32(44)40-15-14-39(5)20(4)18-40/h10,13,16,19-20,22,26,28H,6-9,11-12,14-15,17-18H2,1-5H3,(H,34,41)(H,35,42)(H,36,43)/t19-,20-,22-,26-,28+/m1/s1. The van der Waals surface area contributed by atoms with Gasteiger partial charge in [-0.3, -0.25) is 19.2 Å². The molecule has 4 amide bonds. The van der Waals surface area contributed by atoms with Crippen LogP contribution in [0.5, 0.6) is 0 Å². The van der Waals surface area contributed by atoms with Gasteiger partial charge in [0.2, 0.25) is 17.7 Å². The fourth-order valence-electron chi connectivity index (χ4n) is 6.04. The van der Waals surface area contributed by atoms with Crippen LogP contribution in [0.2, 0.25) is 0 Å². The van der Waals surface area contributed by atoms with Gasteiger partial charge in [0, 0.05) is 38.5 Å². The van der Waals surface area contributed by atoms with Crippen molar-refractivity contribution in [1.82, 2.24) is 30.7 Å². The van der Waals surface area contributed by atoms with E-state index in [1.807, 2.05) is 20.9 Å². The molecule has 2 fully saturated rings. The van der Waals surface area contributed by atoms with Crippen molar-refractivity contribution in [1.29, 1.82) is 0 Å². The average Bonchev–Trinajstić information content (AvgIpc) is 3.51. The molecule has 2 aromatic rings. The number of aryl methyl sites for hydroxylation is 1. The van der Waals surface area contributed by atoms with E-state index in [9.17, 15) is 19.2 Å². The van der Waals surface area contributed by atoms with E-state index in [-0.39, 0.29) is 48.0 Å². The van der Waals surface area contributed by atoms with Gasteiger partial charge in [-0.05, 0) is 67.9 Å². The molecule has 1 aliphatic heterocycles. The molecule has 1 aliphatic carbocycles. The molecule has 3 atom stereocenters. The molecule has 3 N–H and O–H groups in total. The molecule has 1 saturated carbocycles. The molecule has 0 radical (unpaired) electrons. The maximum atomic E-state index is 15.5. The zero-order valence-electron chi connectivity index (χ0n) is 26.9. The van der Waals surface area contributed by atoms with Gasteiger partial charge in [-0.25, -0.2) is 9.02 Å². The first-order valence-electron chi connectivity index (χ1n) is 16.0. The normalized spacial score (nSPS) is 21.9. The molecule has 1 aromatic carbocycles. The minimum Gasteiger partial charge on any atom is -0.344 e. The molecular formula is C32H46FN7O5. The van der Waals surface area contributed by atoms with E-state index in [0.717, 1.165) is 32.2 Å². The summed E-state index contributed by atoms with van der Waals surface area (Å²) in [5, 5.41) is 15.7. The minimum absolute atomic E-state index is 0.0281. The van der Waals surface area contributed by atoms with Crippen molar-refractivity contribution >= 4 is 29.3 Å². The van der Waals surface area contributed by atoms with Crippen molar-refractivity contribution in [3.8, 4) is 0 Å². The number of anilines is 1. The number of carbonyl (C=O) groups is 4. The van der Waals surface area contributed by atoms with E-state index in [0.29, 0.717) is 36.7 Å². The predicted octanol–water partition coefficient (Wildman–Crippen LogP) is 2.93. The van der Waals surface area contributed by atoms with Gasteiger partial charge in [-0.1, -0.05) is 44.8 Å². The van der Waals surface area contributed by atoms with Crippen molar-refractivity contribution in [2.45, 2.75) is 90.8 Å². The number of nitrogens with one attached hydrogen (secondary N) is 3. The third kappa shape index (κ3) is 8.65. The number of amides is 4. The molecule has 1 saturated heterocycles. The highest BCUT2D eigenvalue weighted by molar-refractivity contribution is 6.01. The van der Waals surface area contributed by atoms with E-state index < -0.39 is 29.7 Å². The van der Waals surface area contributed by atoms with E-state index in [1.54, 1.807) is 17.9 Å². The highest BCUT2D eigenvalue weighted by atomic mass is 19.1. The van der Waals surface area contributed by atoms with Gasteiger partial charge in [-0.2, -0.15) is 0 Å². The summed E-state index contributed by atoms with van der Waals surface area (Å²) in [6, 6.07) is 2.77. The second kappa shape index (κ2) is 15.4. The van der Waals surface area contributed by atoms with Crippen LogP contribution >= 0.6 is 0 Å². The van der Waals surface area contributed by atoms with Crippen LogP contribution in [0.15, 0.2) is 22.8 Å². The van der Waals surface area contributed by atoms with Crippen LogP contribution in [0.25, 0.3) is 0 Å². The van der Waals surface area contributed by atoms with Gasteiger partial charge in [-0.15, -0.1) is 0 Å². The molecule has 2 aliphatic rings. The van der Waals surface area contributed by atoms with Crippen LogP contribution in [-0.4, -0.2) is 88.5 Å². The molecule has 12 nitrogen and oxygen atoms in total. The number of likely N-dealkylation sites (N-methyl/N-ethyl adjacent to an activating group) is 1. The van der Waals surface area contributed by atoms with Gasteiger partial charge in [0.05, 0.1) is 5.69 Å². The van der Waals surface area contributed by atoms with Gasteiger partial charge >= 0.3 is 0 Å². The lowest BCUT2D eigenvalue weighted by Crippen LogP contribution is -2.57. The number of benzene rings is 1. The van der Waals surface area contributed by atoms with E-state index in [2.05, 4.69) is 38.1 Å². The monoisotopic (exact) mass is 627 g/mol. The first kappa shape index (κ1) is 34.0. The lowest BCUT2D eigenvalue weighted by Gasteiger charge is -2.39. The Bertz CT molecular complexity index is 1360. The van der Waals surface area contributed by atoms with Crippen LogP contribution in [0.4, 0.5) is 10.1 Å². The summed E-state index contributed by atoms with van der Waals surface area (Å²) in [5.41, 5.74) is 0.872. The zero-order valence-corrected chi connectivity index (χ0v) is 26.9. The Kier molecular flexibility index (Phi) is 11.7. The summed E-state index contributed by atoms with van der Waals surface area (Å²) in [7, 11) is 2.01. The third-order valence-corrected chi connectivity index (χ3v) is 9.16. The molecule has 45 heavy (non-hydrogen) atoms. The highest BCUT2D eigenvalue weighted by Crippen LogP contribution is 2.31. The molecule has 0 unspecified atom stereocenters. The number of aromatic nitrogens is 2. The van der Waals surface area contributed by atoms with Crippen LogP contribution < -0.4 is 16.0 Å². The first-order chi connectivity index (χ1) is 21.5. The number of piperazine rings is 1. The van der Waals surface area contributed by atoms with E-state index in [4.69, 9.17) is 4.63 Å². The minimum atomic E-state index is -0.914. The van der Waals surface area contributed by atoms with Crippen LogP contribution in [-0.2, 0) is 27.2 Å².